The molecule has 3 nitrogen and oxygen atoms in total. The third-order valence-electron chi connectivity index (χ3n) is 4.44. The fourth-order valence-corrected chi connectivity index (χ4v) is 3.38. The Hall–Kier alpha value is -1.51. The number of likely N-dealkylation sites (tertiary alicyclic amines) is 1. The van der Waals surface area contributed by atoms with Crippen molar-refractivity contribution in [2.45, 2.75) is 45.8 Å². The van der Waals surface area contributed by atoms with Crippen LogP contribution in [0.4, 0.5) is 4.79 Å². The molecule has 3 atom stereocenters. The summed E-state index contributed by atoms with van der Waals surface area (Å²) < 4.78 is 5.57. The molecule has 108 valence electrons. The zero-order valence-electron chi connectivity index (χ0n) is 12.7. The number of carbonyl (C=O) groups excluding carboxylic acids is 1. The van der Waals surface area contributed by atoms with E-state index in [0.717, 1.165) is 6.54 Å². The van der Waals surface area contributed by atoms with E-state index in [4.69, 9.17) is 4.74 Å². The molecule has 0 aromatic heterocycles. The second kappa shape index (κ2) is 4.24. The maximum Gasteiger partial charge on any atom is 0.410 e. The van der Waals surface area contributed by atoms with Crippen LogP contribution in [0.25, 0.3) is 0 Å². The fraction of sp³-hybridized carbons (Fsp3) is 0.588. The van der Waals surface area contributed by atoms with Gasteiger partial charge in [-0.3, -0.25) is 0 Å². The van der Waals surface area contributed by atoms with Crippen LogP contribution in [0.2, 0.25) is 0 Å². The molecule has 1 aromatic carbocycles. The van der Waals surface area contributed by atoms with Gasteiger partial charge in [-0.25, -0.2) is 4.79 Å². The molecule has 1 aromatic rings. The van der Waals surface area contributed by atoms with Crippen molar-refractivity contribution in [3.63, 3.8) is 0 Å². The van der Waals surface area contributed by atoms with Crippen LogP contribution in [-0.4, -0.2) is 23.1 Å². The van der Waals surface area contributed by atoms with Crippen molar-refractivity contribution in [2.75, 3.05) is 6.54 Å². The summed E-state index contributed by atoms with van der Waals surface area (Å²) in [5.41, 5.74) is 1.08. The molecule has 0 radical (unpaired) electrons. The van der Waals surface area contributed by atoms with Crippen LogP contribution in [0.5, 0.6) is 0 Å². The van der Waals surface area contributed by atoms with Gasteiger partial charge in [0.2, 0.25) is 0 Å². The van der Waals surface area contributed by atoms with Gasteiger partial charge in [0.25, 0.3) is 0 Å². The van der Waals surface area contributed by atoms with E-state index < -0.39 is 5.60 Å². The zero-order chi connectivity index (χ0) is 14.5. The standard InChI is InChI=1S/C17H23NO2/c1-16(2,3)20-15(19)18-11-17(4)10-13(17)14(18)12-8-6-5-7-9-12/h5-9,13-14H,10-11H2,1-4H3/t13-,14-,17+/m1/s1. The molecule has 1 heterocycles. The molecule has 2 fully saturated rings. The molecule has 0 N–H and O–H groups in total. The van der Waals surface area contributed by atoms with Crippen molar-refractivity contribution < 1.29 is 9.53 Å². The Balaban J connectivity index is 1.85. The quantitative estimate of drug-likeness (QED) is 0.774. The summed E-state index contributed by atoms with van der Waals surface area (Å²) in [5.74, 6) is 0.581. The number of rotatable bonds is 1. The fourth-order valence-electron chi connectivity index (χ4n) is 3.38. The van der Waals surface area contributed by atoms with E-state index >= 15 is 0 Å². The minimum absolute atomic E-state index is 0.177. The average Bonchev–Trinajstić information content (AvgIpc) is 2.91. The predicted octanol–water partition coefficient (Wildman–Crippen LogP) is 4.00. The maximum absolute atomic E-state index is 12.5. The van der Waals surface area contributed by atoms with Gasteiger partial charge in [-0.05, 0) is 44.1 Å². The third-order valence-corrected chi connectivity index (χ3v) is 4.44. The van der Waals surface area contributed by atoms with Crippen LogP contribution in [0.15, 0.2) is 30.3 Å². The van der Waals surface area contributed by atoms with Gasteiger partial charge in [-0.1, -0.05) is 37.3 Å². The van der Waals surface area contributed by atoms with Gasteiger partial charge in [-0.15, -0.1) is 0 Å². The van der Waals surface area contributed by atoms with E-state index in [1.807, 2.05) is 43.9 Å². The monoisotopic (exact) mass is 273 g/mol. The lowest BCUT2D eigenvalue weighted by Crippen LogP contribution is -2.38. The van der Waals surface area contributed by atoms with Gasteiger partial charge < -0.3 is 9.64 Å². The Morgan fingerprint density at radius 3 is 2.55 bits per heavy atom. The van der Waals surface area contributed by atoms with Crippen molar-refractivity contribution in [3.8, 4) is 0 Å². The molecule has 2 aliphatic rings. The molecule has 1 aliphatic heterocycles. The Kier molecular flexibility index (Phi) is 2.86. The van der Waals surface area contributed by atoms with E-state index in [-0.39, 0.29) is 17.6 Å². The molecule has 3 rings (SSSR count). The van der Waals surface area contributed by atoms with Gasteiger partial charge >= 0.3 is 6.09 Å². The third kappa shape index (κ3) is 2.30. The second-order valence-corrected chi connectivity index (χ2v) is 7.43. The summed E-state index contributed by atoms with van der Waals surface area (Å²) in [7, 11) is 0. The number of amides is 1. The highest BCUT2D eigenvalue weighted by Crippen LogP contribution is 2.65. The van der Waals surface area contributed by atoms with Crippen LogP contribution in [0.1, 0.15) is 45.7 Å². The van der Waals surface area contributed by atoms with Crippen LogP contribution in [-0.2, 0) is 4.74 Å². The van der Waals surface area contributed by atoms with E-state index in [9.17, 15) is 4.79 Å². The Bertz CT molecular complexity index is 520. The topological polar surface area (TPSA) is 29.5 Å². The van der Waals surface area contributed by atoms with Gasteiger partial charge in [0.1, 0.15) is 5.60 Å². The molecular formula is C17H23NO2. The lowest BCUT2D eigenvalue weighted by Gasteiger charge is -2.31. The maximum atomic E-state index is 12.5. The minimum Gasteiger partial charge on any atom is -0.444 e. The summed E-state index contributed by atoms with van der Waals surface area (Å²) in [5, 5.41) is 0. The first-order valence-corrected chi connectivity index (χ1v) is 7.35. The summed E-state index contributed by atoms with van der Waals surface area (Å²) in [6.45, 7) is 8.84. The van der Waals surface area contributed by atoms with Gasteiger partial charge in [0.05, 0.1) is 6.04 Å². The second-order valence-electron chi connectivity index (χ2n) is 7.43. The number of benzene rings is 1. The van der Waals surface area contributed by atoms with Crippen molar-refractivity contribution in [1.82, 2.24) is 4.90 Å². The van der Waals surface area contributed by atoms with E-state index in [0.29, 0.717) is 5.92 Å². The van der Waals surface area contributed by atoms with Crippen molar-refractivity contribution >= 4 is 6.09 Å². The van der Waals surface area contributed by atoms with Gasteiger partial charge in [-0.2, -0.15) is 0 Å². The lowest BCUT2D eigenvalue weighted by molar-refractivity contribution is 0.0181. The van der Waals surface area contributed by atoms with E-state index in [1.165, 1.54) is 12.0 Å². The number of ether oxygens (including phenoxy) is 1. The average molecular weight is 273 g/mol. The summed E-state index contributed by atoms with van der Waals surface area (Å²) in [6, 6.07) is 10.5. The highest BCUT2D eigenvalue weighted by atomic mass is 16.6. The van der Waals surface area contributed by atoms with Crippen molar-refractivity contribution in [2.24, 2.45) is 11.3 Å². The SMILES string of the molecule is CC(C)(C)OC(=O)N1C[C@]2(C)C[C@@H]2[C@H]1c1ccccc1. The van der Waals surface area contributed by atoms with Crippen LogP contribution in [0, 0.1) is 11.3 Å². The number of fused-ring (bicyclic) bond motifs is 1. The summed E-state index contributed by atoms with van der Waals surface area (Å²) in [4.78, 5) is 14.4. The molecule has 0 unspecified atom stereocenters. The summed E-state index contributed by atoms with van der Waals surface area (Å²) in [6.07, 6.45) is 1.03. The predicted molar refractivity (Wildman–Crippen MR) is 78.3 cm³/mol. The first-order chi connectivity index (χ1) is 9.30. The lowest BCUT2D eigenvalue weighted by atomic mass is 10.0. The van der Waals surface area contributed by atoms with Crippen LogP contribution in [0.3, 0.4) is 0 Å². The first-order valence-electron chi connectivity index (χ1n) is 7.35. The van der Waals surface area contributed by atoms with E-state index in [2.05, 4.69) is 19.1 Å². The Morgan fingerprint density at radius 2 is 1.95 bits per heavy atom. The molecule has 1 amide bonds. The number of piperidine rings is 1. The number of hydrogen-bond donors (Lipinski definition) is 0. The summed E-state index contributed by atoms with van der Waals surface area (Å²) >= 11 is 0. The first kappa shape index (κ1) is 13.5. The number of carbonyl (C=O) groups is 1. The van der Waals surface area contributed by atoms with Crippen molar-refractivity contribution in [3.05, 3.63) is 35.9 Å². The highest BCUT2D eigenvalue weighted by molar-refractivity contribution is 5.70. The molecule has 1 aliphatic carbocycles. The van der Waals surface area contributed by atoms with Crippen LogP contribution >= 0.6 is 0 Å². The highest BCUT2D eigenvalue weighted by Gasteiger charge is 2.63. The normalized spacial score (nSPS) is 31.9. The molecule has 1 saturated carbocycles. The van der Waals surface area contributed by atoms with E-state index in [1.54, 1.807) is 0 Å². The largest absolute Gasteiger partial charge is 0.444 e. The Morgan fingerprint density at radius 1 is 1.30 bits per heavy atom. The molecule has 3 heteroatoms. The van der Waals surface area contributed by atoms with Crippen LogP contribution < -0.4 is 0 Å². The molecule has 0 bridgehead atoms. The molecular weight excluding hydrogens is 250 g/mol. The van der Waals surface area contributed by atoms with Crippen molar-refractivity contribution in [1.29, 1.82) is 0 Å². The molecule has 1 saturated heterocycles. The van der Waals surface area contributed by atoms with Gasteiger partial charge in [0.15, 0.2) is 0 Å². The number of nitrogens with zero attached hydrogens (tertiary/aromatic N) is 1. The zero-order valence-corrected chi connectivity index (χ0v) is 12.7. The smallest absolute Gasteiger partial charge is 0.410 e. The minimum atomic E-state index is -0.438. The number of hydrogen-bond acceptors (Lipinski definition) is 2. The Labute approximate surface area is 120 Å². The molecule has 20 heavy (non-hydrogen) atoms. The molecule has 0 spiro atoms. The van der Waals surface area contributed by atoms with Gasteiger partial charge in [0, 0.05) is 6.54 Å².